The van der Waals surface area contributed by atoms with Crippen LogP contribution < -0.4 is 10.2 Å². The summed E-state index contributed by atoms with van der Waals surface area (Å²) >= 11 is 0. The van der Waals surface area contributed by atoms with Gasteiger partial charge in [0.15, 0.2) is 0 Å². The van der Waals surface area contributed by atoms with Crippen molar-refractivity contribution in [2.24, 2.45) is 0 Å². The Kier molecular flexibility index (Phi) is 5.99. The summed E-state index contributed by atoms with van der Waals surface area (Å²) in [5, 5.41) is 3.20. The Morgan fingerprint density at radius 1 is 1.06 bits per heavy atom. The molecule has 1 unspecified atom stereocenters. The average molecular weight is 433 g/mol. The number of benzene rings is 2. The van der Waals surface area contributed by atoms with E-state index in [9.17, 15) is 4.79 Å². The Morgan fingerprint density at radius 3 is 2.66 bits per heavy atom. The summed E-state index contributed by atoms with van der Waals surface area (Å²) in [6.45, 7) is 8.85. The number of amides is 2. The van der Waals surface area contributed by atoms with Gasteiger partial charge in [0.1, 0.15) is 5.82 Å². The topological polar surface area (TPSA) is 67.5 Å². The van der Waals surface area contributed by atoms with Crippen molar-refractivity contribution >= 4 is 28.4 Å². The molecule has 0 saturated carbocycles. The van der Waals surface area contributed by atoms with Gasteiger partial charge in [-0.15, -0.1) is 0 Å². The number of likely N-dealkylation sites (tertiary alicyclic amines) is 1. The van der Waals surface area contributed by atoms with Gasteiger partial charge in [0, 0.05) is 45.2 Å². The fourth-order valence-corrected chi connectivity index (χ4v) is 4.91. The summed E-state index contributed by atoms with van der Waals surface area (Å²) in [5.74, 6) is 1.22. The van der Waals surface area contributed by atoms with Gasteiger partial charge in [0.25, 0.3) is 0 Å². The van der Waals surface area contributed by atoms with E-state index in [-0.39, 0.29) is 11.9 Å². The summed E-state index contributed by atoms with van der Waals surface area (Å²) in [4.78, 5) is 28.2. The Bertz CT molecular complexity index is 1040. The highest BCUT2D eigenvalue weighted by atomic mass is 16.2. The Labute approximate surface area is 189 Å². The number of para-hydroxylation sites is 4. The molecule has 0 bridgehead atoms. The van der Waals surface area contributed by atoms with Gasteiger partial charge < -0.3 is 25.0 Å². The number of carbonyl (C=O) groups excluding carboxylic acids is 1. The van der Waals surface area contributed by atoms with E-state index in [4.69, 9.17) is 4.98 Å². The third-order valence-corrected chi connectivity index (χ3v) is 6.81. The third kappa shape index (κ3) is 4.30. The number of anilines is 2. The lowest BCUT2D eigenvalue weighted by atomic mass is 9.97. The summed E-state index contributed by atoms with van der Waals surface area (Å²) in [6, 6.07) is 16.3. The second kappa shape index (κ2) is 9.20. The number of nitrogens with one attached hydrogen (secondary N) is 2. The Hall–Kier alpha value is -3.06. The van der Waals surface area contributed by atoms with Crippen LogP contribution in [0.3, 0.4) is 0 Å². The van der Waals surface area contributed by atoms with Crippen molar-refractivity contribution in [2.45, 2.75) is 25.7 Å². The quantitative estimate of drug-likeness (QED) is 0.651. The van der Waals surface area contributed by atoms with Gasteiger partial charge >= 0.3 is 6.03 Å². The van der Waals surface area contributed by atoms with Crippen molar-refractivity contribution in [1.82, 2.24) is 19.8 Å². The molecule has 1 atom stereocenters. The van der Waals surface area contributed by atoms with E-state index in [1.54, 1.807) is 0 Å². The highest BCUT2D eigenvalue weighted by molar-refractivity contribution is 5.93. The normalized spacial score (nSPS) is 20.0. The van der Waals surface area contributed by atoms with Crippen molar-refractivity contribution in [3.05, 3.63) is 54.4 Å². The molecular weight excluding hydrogens is 400 g/mol. The first-order valence-electron chi connectivity index (χ1n) is 11.8. The molecule has 2 aliphatic heterocycles. The van der Waals surface area contributed by atoms with Crippen LogP contribution in [-0.2, 0) is 0 Å². The fourth-order valence-electron chi connectivity index (χ4n) is 4.91. The monoisotopic (exact) mass is 432 g/mol. The van der Waals surface area contributed by atoms with Gasteiger partial charge in [-0.05, 0) is 43.7 Å². The number of likely N-dealkylation sites (N-methyl/N-ethyl adjacent to an activating group) is 1. The summed E-state index contributed by atoms with van der Waals surface area (Å²) in [6.07, 6.45) is 2.03. The van der Waals surface area contributed by atoms with Crippen LogP contribution in [0.15, 0.2) is 48.5 Å². The smallest absolute Gasteiger partial charge is 0.321 e. The Morgan fingerprint density at radius 2 is 1.84 bits per heavy atom. The molecule has 0 spiro atoms. The molecule has 3 heterocycles. The van der Waals surface area contributed by atoms with Gasteiger partial charge in [-0.3, -0.25) is 0 Å². The zero-order chi connectivity index (χ0) is 21.9. The third-order valence-electron chi connectivity index (χ3n) is 6.81. The molecule has 2 fully saturated rings. The number of nitrogens with zero attached hydrogens (tertiary/aromatic N) is 4. The van der Waals surface area contributed by atoms with Crippen LogP contribution in [-0.4, -0.2) is 71.6 Å². The minimum absolute atomic E-state index is 0.0227. The van der Waals surface area contributed by atoms with E-state index in [2.05, 4.69) is 45.2 Å². The van der Waals surface area contributed by atoms with Crippen molar-refractivity contribution in [3.8, 4) is 0 Å². The van der Waals surface area contributed by atoms with Crippen LogP contribution in [0.1, 0.15) is 31.5 Å². The van der Waals surface area contributed by atoms with E-state index in [1.807, 2.05) is 35.2 Å². The second-order valence-corrected chi connectivity index (χ2v) is 8.79. The van der Waals surface area contributed by atoms with Crippen molar-refractivity contribution in [2.75, 3.05) is 56.0 Å². The van der Waals surface area contributed by atoms with Crippen LogP contribution in [0.5, 0.6) is 0 Å². The van der Waals surface area contributed by atoms with E-state index in [1.165, 1.54) is 0 Å². The average Bonchev–Trinajstić information content (AvgIpc) is 3.29. The molecule has 2 aromatic carbocycles. The van der Waals surface area contributed by atoms with Gasteiger partial charge in [-0.25, -0.2) is 9.78 Å². The Balaban J connectivity index is 1.27. The molecule has 2 aliphatic rings. The van der Waals surface area contributed by atoms with E-state index in [0.29, 0.717) is 6.54 Å². The highest BCUT2D eigenvalue weighted by Gasteiger charge is 2.27. The number of urea groups is 1. The number of aromatic amines is 1. The lowest BCUT2D eigenvalue weighted by Gasteiger charge is -2.37. The molecule has 168 valence electrons. The van der Waals surface area contributed by atoms with Gasteiger partial charge in [-0.2, -0.15) is 0 Å². The number of aromatic nitrogens is 2. The maximum Gasteiger partial charge on any atom is 0.321 e. The molecule has 7 nitrogen and oxygen atoms in total. The number of hydrogen-bond acceptors (Lipinski definition) is 4. The standard InChI is InChI=1S/C25H32N6O/c1-2-29-14-16-30(17-15-29)23-12-6-5-11-22(23)28-25(32)31-13-7-8-19(18-31)24-26-20-9-3-4-10-21(20)27-24/h3-6,9-12,19H,2,7-8,13-18H2,1H3,(H,26,27)(H,28,32). The lowest BCUT2D eigenvalue weighted by molar-refractivity contribution is 0.191. The maximum atomic E-state index is 13.2. The molecule has 2 amide bonds. The number of H-pyrrole nitrogens is 1. The van der Waals surface area contributed by atoms with Crippen LogP contribution in [0.25, 0.3) is 11.0 Å². The zero-order valence-corrected chi connectivity index (χ0v) is 18.8. The first-order valence-corrected chi connectivity index (χ1v) is 11.8. The molecule has 1 aromatic heterocycles. The predicted molar refractivity (Wildman–Crippen MR) is 129 cm³/mol. The first kappa shape index (κ1) is 20.8. The van der Waals surface area contributed by atoms with Crippen molar-refractivity contribution < 1.29 is 4.79 Å². The van der Waals surface area contributed by atoms with Crippen LogP contribution >= 0.6 is 0 Å². The minimum Gasteiger partial charge on any atom is -0.367 e. The summed E-state index contributed by atoms with van der Waals surface area (Å²) in [7, 11) is 0. The van der Waals surface area contributed by atoms with E-state index < -0.39 is 0 Å². The molecule has 0 radical (unpaired) electrons. The zero-order valence-electron chi connectivity index (χ0n) is 18.8. The number of carbonyl (C=O) groups is 1. The summed E-state index contributed by atoms with van der Waals surface area (Å²) in [5.41, 5.74) is 4.05. The van der Waals surface area contributed by atoms with Crippen LogP contribution in [0.2, 0.25) is 0 Å². The number of piperidine rings is 1. The van der Waals surface area contributed by atoms with Crippen LogP contribution in [0, 0.1) is 0 Å². The van der Waals surface area contributed by atoms with E-state index >= 15 is 0 Å². The van der Waals surface area contributed by atoms with Crippen molar-refractivity contribution in [1.29, 1.82) is 0 Å². The minimum atomic E-state index is -0.0227. The first-order chi connectivity index (χ1) is 15.7. The number of hydrogen-bond donors (Lipinski definition) is 2. The number of rotatable bonds is 4. The summed E-state index contributed by atoms with van der Waals surface area (Å²) < 4.78 is 0. The van der Waals surface area contributed by atoms with Crippen LogP contribution in [0.4, 0.5) is 16.2 Å². The molecule has 2 N–H and O–H groups in total. The lowest BCUT2D eigenvalue weighted by Crippen LogP contribution is -2.46. The SMILES string of the molecule is CCN1CCN(c2ccccc2NC(=O)N2CCCC(c3nc4ccccc4[nH]3)C2)CC1. The number of imidazole rings is 1. The van der Waals surface area contributed by atoms with Gasteiger partial charge in [0.2, 0.25) is 0 Å². The second-order valence-electron chi connectivity index (χ2n) is 8.79. The predicted octanol–water partition coefficient (Wildman–Crippen LogP) is 4.12. The maximum absolute atomic E-state index is 13.2. The molecule has 0 aliphatic carbocycles. The van der Waals surface area contributed by atoms with Crippen molar-refractivity contribution in [3.63, 3.8) is 0 Å². The molecule has 32 heavy (non-hydrogen) atoms. The fraction of sp³-hybridized carbons (Fsp3) is 0.440. The highest BCUT2D eigenvalue weighted by Crippen LogP contribution is 2.29. The number of piperazine rings is 1. The van der Waals surface area contributed by atoms with E-state index in [0.717, 1.165) is 80.3 Å². The van der Waals surface area contributed by atoms with Gasteiger partial charge in [-0.1, -0.05) is 31.2 Å². The molecular formula is C25H32N6O. The molecule has 2 saturated heterocycles. The number of fused-ring (bicyclic) bond motifs is 1. The molecule has 3 aromatic rings. The van der Waals surface area contributed by atoms with Gasteiger partial charge in [0.05, 0.1) is 22.4 Å². The molecule has 7 heteroatoms. The molecule has 5 rings (SSSR count). The largest absolute Gasteiger partial charge is 0.367 e.